The zero-order valence-corrected chi connectivity index (χ0v) is 7.65. The summed E-state index contributed by atoms with van der Waals surface area (Å²) in [5, 5.41) is 2.89. The number of carbonyl (C=O) groups is 2. The van der Waals surface area contributed by atoms with Gasteiger partial charge in [-0.1, -0.05) is 0 Å². The predicted molar refractivity (Wildman–Crippen MR) is 45.2 cm³/mol. The average molecular weight is 194 g/mol. The Bertz CT molecular complexity index is 175. The van der Waals surface area contributed by atoms with E-state index in [4.69, 9.17) is 0 Å². The molecule has 1 heterocycles. The van der Waals surface area contributed by atoms with Crippen molar-refractivity contribution in [2.24, 2.45) is 5.92 Å². The highest BCUT2D eigenvalue weighted by Crippen LogP contribution is 2.09. The highest BCUT2D eigenvalue weighted by Gasteiger charge is 2.29. The van der Waals surface area contributed by atoms with Crippen molar-refractivity contribution >= 4 is 24.2 Å². The van der Waals surface area contributed by atoms with Gasteiger partial charge >= 0.3 is 5.97 Å². The lowest BCUT2D eigenvalue weighted by Crippen LogP contribution is -2.40. The maximum absolute atomic E-state index is 11.0. The molecule has 0 bridgehead atoms. The van der Waals surface area contributed by atoms with Gasteiger partial charge in [-0.25, -0.2) is 0 Å². The molecule has 1 aliphatic heterocycles. The highest BCUT2D eigenvalue weighted by molar-refractivity contribution is 6.00. The fraction of sp³-hybridized carbons (Fsp3) is 0.714. The number of Topliss-reactive ketones (excluding diaryl/α,β-unsaturated/α-hetero) is 1. The summed E-state index contributed by atoms with van der Waals surface area (Å²) in [5.41, 5.74) is 0. The SMILES string of the molecule is COC(=O)C1CCNCC1=O.Cl. The summed E-state index contributed by atoms with van der Waals surface area (Å²) in [7, 11) is 1.30. The fourth-order valence-electron chi connectivity index (χ4n) is 1.13. The van der Waals surface area contributed by atoms with Crippen molar-refractivity contribution in [3.63, 3.8) is 0 Å². The van der Waals surface area contributed by atoms with Crippen LogP contribution < -0.4 is 5.32 Å². The van der Waals surface area contributed by atoms with E-state index in [0.717, 1.165) is 0 Å². The first-order valence-corrected chi connectivity index (χ1v) is 3.57. The smallest absolute Gasteiger partial charge is 0.316 e. The molecule has 1 N–H and O–H groups in total. The molecule has 1 saturated heterocycles. The molecule has 70 valence electrons. The minimum Gasteiger partial charge on any atom is -0.468 e. The predicted octanol–water partition coefficient (Wildman–Crippen LogP) is -0.240. The van der Waals surface area contributed by atoms with E-state index in [9.17, 15) is 9.59 Å². The maximum Gasteiger partial charge on any atom is 0.316 e. The second-order valence-electron chi connectivity index (χ2n) is 2.51. The third-order valence-corrected chi connectivity index (χ3v) is 1.78. The van der Waals surface area contributed by atoms with Gasteiger partial charge in [0.25, 0.3) is 0 Å². The number of nitrogens with one attached hydrogen (secondary N) is 1. The van der Waals surface area contributed by atoms with Gasteiger partial charge in [-0.3, -0.25) is 9.59 Å². The molecule has 1 rings (SSSR count). The fourth-order valence-corrected chi connectivity index (χ4v) is 1.13. The Morgan fingerprint density at radius 1 is 1.67 bits per heavy atom. The van der Waals surface area contributed by atoms with Gasteiger partial charge in [-0.2, -0.15) is 0 Å². The zero-order valence-electron chi connectivity index (χ0n) is 6.83. The molecule has 4 nitrogen and oxygen atoms in total. The van der Waals surface area contributed by atoms with Gasteiger partial charge in [-0.05, 0) is 13.0 Å². The summed E-state index contributed by atoms with van der Waals surface area (Å²) in [6, 6.07) is 0. The molecule has 0 aromatic carbocycles. The van der Waals surface area contributed by atoms with Crippen molar-refractivity contribution in [3.05, 3.63) is 0 Å². The van der Waals surface area contributed by atoms with Crippen molar-refractivity contribution in [3.8, 4) is 0 Å². The molecule has 1 aliphatic rings. The largest absolute Gasteiger partial charge is 0.468 e. The lowest BCUT2D eigenvalue weighted by atomic mass is 9.97. The number of hydrogen-bond donors (Lipinski definition) is 1. The molecular weight excluding hydrogens is 182 g/mol. The van der Waals surface area contributed by atoms with E-state index in [1.807, 2.05) is 0 Å². The van der Waals surface area contributed by atoms with Crippen LogP contribution in [-0.4, -0.2) is 32.0 Å². The van der Waals surface area contributed by atoms with E-state index in [1.54, 1.807) is 0 Å². The number of carbonyl (C=O) groups excluding carboxylic acids is 2. The van der Waals surface area contributed by atoms with Gasteiger partial charge in [0, 0.05) is 0 Å². The minimum atomic E-state index is -0.527. The van der Waals surface area contributed by atoms with Gasteiger partial charge in [0.2, 0.25) is 0 Å². The monoisotopic (exact) mass is 193 g/mol. The number of hydrogen-bond acceptors (Lipinski definition) is 4. The number of piperidine rings is 1. The zero-order chi connectivity index (χ0) is 8.27. The number of ether oxygens (including phenoxy) is 1. The summed E-state index contributed by atoms with van der Waals surface area (Å²) in [6.07, 6.45) is 0.561. The summed E-state index contributed by atoms with van der Waals surface area (Å²) in [4.78, 5) is 21.9. The van der Waals surface area contributed by atoms with Crippen LogP contribution in [0.25, 0.3) is 0 Å². The van der Waals surface area contributed by atoms with Crippen LogP contribution in [0.5, 0.6) is 0 Å². The van der Waals surface area contributed by atoms with E-state index in [2.05, 4.69) is 10.1 Å². The van der Waals surface area contributed by atoms with Crippen LogP contribution in [0.4, 0.5) is 0 Å². The van der Waals surface area contributed by atoms with E-state index >= 15 is 0 Å². The maximum atomic E-state index is 11.0. The highest BCUT2D eigenvalue weighted by atomic mass is 35.5. The molecule has 0 aromatic heterocycles. The van der Waals surface area contributed by atoms with Crippen LogP contribution >= 0.6 is 12.4 Å². The summed E-state index contributed by atoms with van der Waals surface area (Å²) in [5.74, 6) is -0.999. The Kier molecular flexibility index (Phi) is 4.85. The molecule has 1 atom stereocenters. The quantitative estimate of drug-likeness (QED) is 0.461. The van der Waals surface area contributed by atoms with Crippen LogP contribution in [0, 0.1) is 5.92 Å². The summed E-state index contributed by atoms with van der Waals surface area (Å²) < 4.78 is 4.47. The molecule has 0 saturated carbocycles. The van der Waals surface area contributed by atoms with Gasteiger partial charge in [0.15, 0.2) is 5.78 Å². The Morgan fingerprint density at radius 3 is 2.83 bits per heavy atom. The summed E-state index contributed by atoms with van der Waals surface area (Å²) in [6.45, 7) is 1.01. The molecule has 5 heteroatoms. The topological polar surface area (TPSA) is 55.4 Å². The number of rotatable bonds is 1. The van der Waals surface area contributed by atoms with Crippen LogP contribution in [-0.2, 0) is 14.3 Å². The van der Waals surface area contributed by atoms with E-state index < -0.39 is 11.9 Å². The van der Waals surface area contributed by atoms with E-state index in [0.29, 0.717) is 19.5 Å². The Morgan fingerprint density at radius 2 is 2.33 bits per heavy atom. The van der Waals surface area contributed by atoms with Crippen molar-refractivity contribution in [2.75, 3.05) is 20.2 Å². The Balaban J connectivity index is 0.00000121. The first-order valence-electron chi connectivity index (χ1n) is 3.57. The molecule has 12 heavy (non-hydrogen) atoms. The second-order valence-corrected chi connectivity index (χ2v) is 2.51. The van der Waals surface area contributed by atoms with Gasteiger partial charge in [-0.15, -0.1) is 12.4 Å². The first kappa shape index (κ1) is 11.4. The van der Waals surface area contributed by atoms with Gasteiger partial charge in [0.1, 0.15) is 5.92 Å². The number of ketones is 1. The lowest BCUT2D eigenvalue weighted by molar-refractivity contribution is -0.150. The number of esters is 1. The van der Waals surface area contributed by atoms with Gasteiger partial charge in [0.05, 0.1) is 13.7 Å². The van der Waals surface area contributed by atoms with Crippen molar-refractivity contribution < 1.29 is 14.3 Å². The molecule has 0 aliphatic carbocycles. The molecule has 1 fully saturated rings. The summed E-state index contributed by atoms with van der Waals surface area (Å²) >= 11 is 0. The first-order chi connectivity index (χ1) is 5.25. The van der Waals surface area contributed by atoms with Crippen molar-refractivity contribution in [1.82, 2.24) is 5.32 Å². The number of halogens is 1. The third-order valence-electron chi connectivity index (χ3n) is 1.78. The Hall–Kier alpha value is -0.610. The van der Waals surface area contributed by atoms with Gasteiger partial charge < -0.3 is 10.1 Å². The molecular formula is C7H12ClNO3. The molecule has 0 spiro atoms. The molecule has 0 amide bonds. The standard InChI is InChI=1S/C7H11NO3.ClH/c1-11-7(10)5-2-3-8-4-6(5)9;/h5,8H,2-4H2,1H3;1H. The average Bonchev–Trinajstić information content (AvgIpc) is 2.04. The normalized spacial score (nSPS) is 22.8. The molecule has 0 radical (unpaired) electrons. The lowest BCUT2D eigenvalue weighted by Gasteiger charge is -2.18. The van der Waals surface area contributed by atoms with Crippen LogP contribution in [0.1, 0.15) is 6.42 Å². The third kappa shape index (κ3) is 2.46. The minimum absolute atomic E-state index is 0. The van der Waals surface area contributed by atoms with E-state index in [1.165, 1.54) is 7.11 Å². The Labute approximate surface area is 77.1 Å². The van der Waals surface area contributed by atoms with Crippen LogP contribution in [0.3, 0.4) is 0 Å². The number of methoxy groups -OCH3 is 1. The van der Waals surface area contributed by atoms with Crippen LogP contribution in [0.2, 0.25) is 0 Å². The second kappa shape index (κ2) is 5.11. The van der Waals surface area contributed by atoms with Crippen LogP contribution in [0.15, 0.2) is 0 Å². The van der Waals surface area contributed by atoms with E-state index in [-0.39, 0.29) is 18.2 Å². The van der Waals surface area contributed by atoms with Crippen molar-refractivity contribution in [1.29, 1.82) is 0 Å². The van der Waals surface area contributed by atoms with Crippen molar-refractivity contribution in [2.45, 2.75) is 6.42 Å². The molecule has 1 unspecified atom stereocenters. The molecule has 0 aromatic rings.